The summed E-state index contributed by atoms with van der Waals surface area (Å²) in [7, 11) is 0. The van der Waals surface area contributed by atoms with E-state index in [4.69, 9.17) is 16.3 Å². The lowest BCUT2D eigenvalue weighted by atomic mass is 9.92. The first kappa shape index (κ1) is 12.2. The topological polar surface area (TPSA) is 45.0 Å². The number of hydrogen-bond donors (Lipinski definition) is 1. The molecule has 1 N–H and O–H groups in total. The second kappa shape index (κ2) is 5.90. The highest BCUT2D eigenvalue weighted by atomic mass is 35.5. The van der Waals surface area contributed by atoms with Crippen LogP contribution in [0.5, 0.6) is 0 Å². The van der Waals surface area contributed by atoms with E-state index in [2.05, 4.69) is 11.4 Å². The molecule has 1 heterocycles. The van der Waals surface area contributed by atoms with Gasteiger partial charge in [0.2, 0.25) is 0 Å². The van der Waals surface area contributed by atoms with E-state index in [0.29, 0.717) is 10.9 Å². The molecule has 0 bridgehead atoms. The first-order chi connectivity index (χ1) is 8.29. The third-order valence-electron chi connectivity index (χ3n) is 3.02. The Morgan fingerprint density at radius 1 is 1.41 bits per heavy atom. The molecule has 1 aliphatic rings. The van der Waals surface area contributed by atoms with Gasteiger partial charge in [0.25, 0.3) is 0 Å². The van der Waals surface area contributed by atoms with E-state index < -0.39 is 0 Å². The fourth-order valence-electron chi connectivity index (χ4n) is 2.06. The Kier molecular flexibility index (Phi) is 4.24. The molecule has 0 saturated carbocycles. The summed E-state index contributed by atoms with van der Waals surface area (Å²) in [5, 5.41) is 13.1. The molecule has 3 nitrogen and oxygen atoms in total. The number of rotatable bonds is 3. The summed E-state index contributed by atoms with van der Waals surface area (Å²) in [6.45, 7) is 1.50. The number of nitrogens with one attached hydrogen (secondary N) is 1. The number of nitrogens with zero attached hydrogens (tertiary/aromatic N) is 1. The lowest BCUT2D eigenvalue weighted by Crippen LogP contribution is -2.32. The van der Waals surface area contributed by atoms with Gasteiger partial charge in [-0.15, -0.1) is 0 Å². The normalized spacial score (nSPS) is 18.4. The second-order valence-corrected chi connectivity index (χ2v) is 4.65. The van der Waals surface area contributed by atoms with Gasteiger partial charge in [0.05, 0.1) is 6.07 Å². The van der Waals surface area contributed by atoms with Crippen molar-refractivity contribution in [2.75, 3.05) is 18.5 Å². The van der Waals surface area contributed by atoms with Gasteiger partial charge >= 0.3 is 0 Å². The monoisotopic (exact) mass is 250 g/mol. The van der Waals surface area contributed by atoms with Crippen molar-refractivity contribution in [3.8, 4) is 6.07 Å². The number of hydrogen-bond acceptors (Lipinski definition) is 3. The lowest BCUT2D eigenvalue weighted by molar-refractivity contribution is 0.0651. The highest BCUT2D eigenvalue weighted by Gasteiger charge is 2.23. The van der Waals surface area contributed by atoms with Crippen molar-refractivity contribution in [2.24, 2.45) is 5.92 Å². The van der Waals surface area contributed by atoms with Crippen LogP contribution in [0, 0.1) is 17.2 Å². The SMILES string of the molecule is N#CC(Nc1cccc(Cl)c1)C1CCOCC1. The Bertz CT molecular complexity index is 410. The van der Waals surface area contributed by atoms with E-state index in [-0.39, 0.29) is 6.04 Å². The van der Waals surface area contributed by atoms with Crippen molar-refractivity contribution in [1.82, 2.24) is 0 Å². The Morgan fingerprint density at radius 2 is 2.18 bits per heavy atom. The summed E-state index contributed by atoms with van der Waals surface area (Å²) < 4.78 is 5.31. The number of anilines is 1. The van der Waals surface area contributed by atoms with Gasteiger partial charge in [-0.1, -0.05) is 17.7 Å². The largest absolute Gasteiger partial charge is 0.381 e. The number of ether oxygens (including phenoxy) is 1. The van der Waals surface area contributed by atoms with Crippen LogP contribution in [0.15, 0.2) is 24.3 Å². The Hall–Kier alpha value is -1.24. The molecule has 0 amide bonds. The zero-order valence-electron chi connectivity index (χ0n) is 9.53. The zero-order valence-corrected chi connectivity index (χ0v) is 10.3. The average molecular weight is 251 g/mol. The third kappa shape index (κ3) is 3.36. The van der Waals surface area contributed by atoms with Crippen LogP contribution in [-0.4, -0.2) is 19.3 Å². The van der Waals surface area contributed by atoms with Crippen LogP contribution in [0.25, 0.3) is 0 Å². The standard InChI is InChI=1S/C13H15ClN2O/c14-11-2-1-3-12(8-11)16-13(9-15)10-4-6-17-7-5-10/h1-3,8,10,13,16H,4-7H2. The smallest absolute Gasteiger partial charge is 0.117 e. The minimum absolute atomic E-state index is 0.169. The summed E-state index contributed by atoms with van der Waals surface area (Å²) >= 11 is 5.91. The fourth-order valence-corrected chi connectivity index (χ4v) is 2.25. The maximum absolute atomic E-state index is 9.22. The van der Waals surface area contributed by atoms with Crippen molar-refractivity contribution >= 4 is 17.3 Å². The summed E-state index contributed by atoms with van der Waals surface area (Å²) in [6.07, 6.45) is 1.87. The van der Waals surface area contributed by atoms with Crippen molar-refractivity contribution < 1.29 is 4.74 Å². The summed E-state index contributed by atoms with van der Waals surface area (Å²) in [5.74, 6) is 0.354. The van der Waals surface area contributed by atoms with Crippen molar-refractivity contribution in [3.63, 3.8) is 0 Å². The molecule has 0 aromatic heterocycles. The molecule has 1 unspecified atom stereocenters. The zero-order chi connectivity index (χ0) is 12.1. The predicted molar refractivity (Wildman–Crippen MR) is 68.0 cm³/mol. The van der Waals surface area contributed by atoms with Gasteiger partial charge in [0, 0.05) is 23.9 Å². The predicted octanol–water partition coefficient (Wildman–Crippen LogP) is 3.07. The average Bonchev–Trinajstić information content (AvgIpc) is 2.37. The molecule has 1 aliphatic heterocycles. The Balaban J connectivity index is 2.02. The minimum Gasteiger partial charge on any atom is -0.381 e. The van der Waals surface area contributed by atoms with Crippen LogP contribution in [0.3, 0.4) is 0 Å². The van der Waals surface area contributed by atoms with Crippen LogP contribution in [0.2, 0.25) is 5.02 Å². The number of benzene rings is 1. The van der Waals surface area contributed by atoms with Gasteiger partial charge in [-0.2, -0.15) is 5.26 Å². The van der Waals surface area contributed by atoms with Gasteiger partial charge in [0.1, 0.15) is 6.04 Å². The molecule has 0 radical (unpaired) electrons. The van der Waals surface area contributed by atoms with Crippen LogP contribution in [0.4, 0.5) is 5.69 Å². The Morgan fingerprint density at radius 3 is 2.82 bits per heavy atom. The van der Waals surface area contributed by atoms with Gasteiger partial charge in [-0.3, -0.25) is 0 Å². The van der Waals surface area contributed by atoms with Crippen molar-refractivity contribution in [2.45, 2.75) is 18.9 Å². The van der Waals surface area contributed by atoms with Gasteiger partial charge < -0.3 is 10.1 Å². The number of nitriles is 1. The molecule has 17 heavy (non-hydrogen) atoms. The molecule has 1 aromatic carbocycles. The number of halogens is 1. The highest BCUT2D eigenvalue weighted by Crippen LogP contribution is 2.23. The van der Waals surface area contributed by atoms with Gasteiger partial charge in [-0.05, 0) is 37.0 Å². The molecule has 1 aromatic rings. The molecule has 90 valence electrons. The van der Waals surface area contributed by atoms with E-state index in [1.165, 1.54) is 0 Å². The van der Waals surface area contributed by atoms with Crippen molar-refractivity contribution in [3.05, 3.63) is 29.3 Å². The van der Waals surface area contributed by atoms with Crippen LogP contribution >= 0.6 is 11.6 Å². The summed E-state index contributed by atoms with van der Waals surface area (Å²) in [5.41, 5.74) is 0.899. The lowest BCUT2D eigenvalue weighted by Gasteiger charge is -2.27. The Labute approximate surface area is 106 Å². The maximum Gasteiger partial charge on any atom is 0.117 e. The van der Waals surface area contributed by atoms with Gasteiger partial charge in [0.15, 0.2) is 0 Å². The fraction of sp³-hybridized carbons (Fsp3) is 0.462. The van der Waals surface area contributed by atoms with E-state index in [1.807, 2.05) is 24.3 Å². The van der Waals surface area contributed by atoms with E-state index in [0.717, 1.165) is 31.7 Å². The molecule has 1 saturated heterocycles. The summed E-state index contributed by atoms with van der Waals surface area (Å²) in [6, 6.07) is 9.63. The second-order valence-electron chi connectivity index (χ2n) is 4.21. The van der Waals surface area contributed by atoms with E-state index in [1.54, 1.807) is 0 Å². The first-order valence-corrected chi connectivity index (χ1v) is 6.17. The van der Waals surface area contributed by atoms with Crippen molar-refractivity contribution in [1.29, 1.82) is 5.26 Å². The molecule has 2 rings (SSSR count). The summed E-state index contributed by atoms with van der Waals surface area (Å²) in [4.78, 5) is 0. The molecule has 1 atom stereocenters. The van der Waals surface area contributed by atoms with Crippen LogP contribution in [0.1, 0.15) is 12.8 Å². The third-order valence-corrected chi connectivity index (χ3v) is 3.26. The minimum atomic E-state index is -0.169. The molecule has 0 spiro atoms. The highest BCUT2D eigenvalue weighted by molar-refractivity contribution is 6.30. The molecule has 1 fully saturated rings. The van der Waals surface area contributed by atoms with Crippen LogP contribution in [-0.2, 0) is 4.74 Å². The van der Waals surface area contributed by atoms with E-state index >= 15 is 0 Å². The van der Waals surface area contributed by atoms with E-state index in [9.17, 15) is 5.26 Å². The molecular formula is C13H15ClN2O. The molecule has 4 heteroatoms. The molecule has 0 aliphatic carbocycles. The quantitative estimate of drug-likeness (QED) is 0.897. The maximum atomic E-state index is 9.22. The molecular weight excluding hydrogens is 236 g/mol. The first-order valence-electron chi connectivity index (χ1n) is 5.79. The van der Waals surface area contributed by atoms with Gasteiger partial charge in [-0.25, -0.2) is 0 Å². The van der Waals surface area contributed by atoms with Crippen LogP contribution < -0.4 is 5.32 Å².